The van der Waals surface area contributed by atoms with Gasteiger partial charge in [-0.3, -0.25) is 9.36 Å². The van der Waals surface area contributed by atoms with Crippen LogP contribution >= 0.6 is 0 Å². The maximum atomic E-state index is 12.1. The molecule has 0 fully saturated rings. The minimum atomic E-state index is -4.07. The standard InChI is InChI=1S/C10H17N3O6S/c1-12-6-7(9(14)13(2)10(12)15)20(16,17)11-5-8(18-3)19-4/h6,8,11H,5H2,1-4H3. The minimum absolute atomic E-state index is 0.165. The molecule has 0 radical (unpaired) electrons. The second-order valence-electron chi connectivity index (χ2n) is 4.00. The molecule has 0 unspecified atom stereocenters. The second-order valence-corrected chi connectivity index (χ2v) is 5.74. The molecule has 1 rings (SSSR count). The first-order valence-electron chi connectivity index (χ1n) is 5.56. The number of aryl methyl sites for hydroxylation is 1. The smallest absolute Gasteiger partial charge is 0.330 e. The molecule has 0 saturated carbocycles. The molecule has 0 aromatic carbocycles. The summed E-state index contributed by atoms with van der Waals surface area (Å²) in [5.41, 5.74) is -1.51. The predicted molar refractivity (Wildman–Crippen MR) is 69.9 cm³/mol. The Morgan fingerprint density at radius 1 is 1.25 bits per heavy atom. The van der Waals surface area contributed by atoms with Crippen LogP contribution in [-0.4, -0.2) is 44.6 Å². The molecule has 20 heavy (non-hydrogen) atoms. The highest BCUT2D eigenvalue weighted by molar-refractivity contribution is 7.89. The van der Waals surface area contributed by atoms with Gasteiger partial charge in [-0.1, -0.05) is 0 Å². The van der Waals surface area contributed by atoms with Crippen molar-refractivity contribution >= 4 is 10.0 Å². The fourth-order valence-electron chi connectivity index (χ4n) is 1.48. The predicted octanol–water partition coefficient (Wildman–Crippen LogP) is -2.02. The highest BCUT2D eigenvalue weighted by atomic mass is 32.2. The summed E-state index contributed by atoms with van der Waals surface area (Å²) in [7, 11) is 1.20. The van der Waals surface area contributed by atoms with E-state index >= 15 is 0 Å². The lowest BCUT2D eigenvalue weighted by atomic mass is 10.6. The van der Waals surface area contributed by atoms with E-state index in [-0.39, 0.29) is 6.54 Å². The van der Waals surface area contributed by atoms with E-state index in [1.54, 1.807) is 0 Å². The van der Waals surface area contributed by atoms with Crippen LogP contribution in [0, 0.1) is 0 Å². The summed E-state index contributed by atoms with van der Waals surface area (Å²) < 4.78 is 37.7. The summed E-state index contributed by atoms with van der Waals surface area (Å²) in [6, 6.07) is 0. The molecule has 0 aliphatic carbocycles. The Morgan fingerprint density at radius 2 is 1.80 bits per heavy atom. The summed E-state index contributed by atoms with van der Waals surface area (Å²) in [5.74, 6) is 0. The number of aromatic nitrogens is 2. The van der Waals surface area contributed by atoms with Crippen molar-refractivity contribution < 1.29 is 17.9 Å². The largest absolute Gasteiger partial charge is 0.355 e. The van der Waals surface area contributed by atoms with E-state index in [1.807, 2.05) is 0 Å². The van der Waals surface area contributed by atoms with E-state index in [9.17, 15) is 18.0 Å². The molecular formula is C10H17N3O6S. The number of methoxy groups -OCH3 is 2. The summed E-state index contributed by atoms with van der Waals surface area (Å²) >= 11 is 0. The molecule has 0 aliphatic heterocycles. The maximum Gasteiger partial charge on any atom is 0.330 e. The lowest BCUT2D eigenvalue weighted by molar-refractivity contribution is -0.0960. The van der Waals surface area contributed by atoms with E-state index < -0.39 is 32.5 Å². The van der Waals surface area contributed by atoms with E-state index in [4.69, 9.17) is 9.47 Å². The Balaban J connectivity index is 3.18. The Morgan fingerprint density at radius 3 is 2.30 bits per heavy atom. The topological polar surface area (TPSA) is 109 Å². The fourth-order valence-corrected chi connectivity index (χ4v) is 2.65. The summed E-state index contributed by atoms with van der Waals surface area (Å²) in [5, 5.41) is 0. The van der Waals surface area contributed by atoms with Crippen LogP contribution in [0.4, 0.5) is 0 Å². The van der Waals surface area contributed by atoms with Gasteiger partial charge < -0.3 is 14.0 Å². The number of rotatable bonds is 6. The van der Waals surface area contributed by atoms with Gasteiger partial charge in [0.2, 0.25) is 10.0 Å². The van der Waals surface area contributed by atoms with Crippen LogP contribution in [0.3, 0.4) is 0 Å². The first-order valence-corrected chi connectivity index (χ1v) is 7.04. The van der Waals surface area contributed by atoms with Gasteiger partial charge in [0, 0.05) is 34.5 Å². The Labute approximate surface area is 115 Å². The van der Waals surface area contributed by atoms with Crippen molar-refractivity contribution in [3.63, 3.8) is 0 Å². The van der Waals surface area contributed by atoms with E-state index in [1.165, 1.54) is 28.3 Å². The minimum Gasteiger partial charge on any atom is -0.355 e. The van der Waals surface area contributed by atoms with Crippen molar-refractivity contribution in [3.8, 4) is 0 Å². The third-order valence-corrected chi connectivity index (χ3v) is 4.08. The molecule has 1 N–H and O–H groups in total. The van der Waals surface area contributed by atoms with Gasteiger partial charge in [0.05, 0.1) is 6.54 Å². The van der Waals surface area contributed by atoms with Gasteiger partial charge in [-0.15, -0.1) is 0 Å². The SMILES string of the molecule is COC(CNS(=O)(=O)c1cn(C)c(=O)n(C)c1=O)OC. The van der Waals surface area contributed by atoms with Crippen LogP contribution in [0.2, 0.25) is 0 Å². The third-order valence-electron chi connectivity index (χ3n) is 2.67. The van der Waals surface area contributed by atoms with Crippen molar-refractivity contribution in [1.29, 1.82) is 0 Å². The van der Waals surface area contributed by atoms with Crippen molar-refractivity contribution in [3.05, 3.63) is 27.0 Å². The Bertz CT molecular complexity index is 686. The van der Waals surface area contributed by atoms with Gasteiger partial charge in [0.1, 0.15) is 0 Å². The number of hydrogen-bond donors (Lipinski definition) is 1. The van der Waals surface area contributed by atoms with Crippen LogP contribution in [0.1, 0.15) is 0 Å². The molecule has 10 heteroatoms. The van der Waals surface area contributed by atoms with E-state index in [2.05, 4.69) is 4.72 Å². The van der Waals surface area contributed by atoms with Crippen molar-refractivity contribution in [2.75, 3.05) is 20.8 Å². The van der Waals surface area contributed by atoms with E-state index in [0.717, 1.165) is 15.3 Å². The lowest BCUT2D eigenvalue weighted by Gasteiger charge is -2.14. The van der Waals surface area contributed by atoms with E-state index in [0.29, 0.717) is 0 Å². The highest BCUT2D eigenvalue weighted by Gasteiger charge is 2.22. The lowest BCUT2D eigenvalue weighted by Crippen LogP contribution is -2.42. The molecule has 1 aromatic rings. The van der Waals surface area contributed by atoms with Gasteiger partial charge in [-0.25, -0.2) is 17.9 Å². The van der Waals surface area contributed by atoms with Crippen LogP contribution in [-0.2, 0) is 33.6 Å². The molecule has 0 saturated heterocycles. The third kappa shape index (κ3) is 3.33. The van der Waals surface area contributed by atoms with Crippen LogP contribution in [0.25, 0.3) is 0 Å². The number of hydrogen-bond acceptors (Lipinski definition) is 6. The molecule has 0 bridgehead atoms. The van der Waals surface area contributed by atoms with Gasteiger partial charge >= 0.3 is 5.69 Å². The number of nitrogens with zero attached hydrogens (tertiary/aromatic N) is 2. The number of nitrogens with one attached hydrogen (secondary N) is 1. The summed E-state index contributed by atoms with van der Waals surface area (Å²) in [6.45, 7) is -0.165. The molecular weight excluding hydrogens is 290 g/mol. The molecule has 0 atom stereocenters. The average molecular weight is 307 g/mol. The number of ether oxygens (including phenoxy) is 2. The first-order chi connectivity index (χ1) is 9.24. The molecule has 1 heterocycles. The quantitative estimate of drug-likeness (QED) is 0.608. The van der Waals surface area contributed by atoms with Crippen molar-refractivity contribution in [1.82, 2.24) is 13.9 Å². The zero-order valence-corrected chi connectivity index (χ0v) is 12.4. The first kappa shape index (κ1) is 16.6. The van der Waals surface area contributed by atoms with Crippen molar-refractivity contribution in [2.24, 2.45) is 14.1 Å². The Hall–Kier alpha value is -1.49. The average Bonchev–Trinajstić information content (AvgIpc) is 2.41. The van der Waals surface area contributed by atoms with Crippen LogP contribution in [0.15, 0.2) is 20.7 Å². The summed E-state index contributed by atoms with van der Waals surface area (Å²) in [4.78, 5) is 22.8. The van der Waals surface area contributed by atoms with Gasteiger partial charge in [0.15, 0.2) is 11.2 Å². The summed E-state index contributed by atoms with van der Waals surface area (Å²) in [6.07, 6.45) is 0.197. The van der Waals surface area contributed by atoms with Gasteiger partial charge in [-0.05, 0) is 0 Å². The maximum absolute atomic E-state index is 12.1. The molecule has 0 spiro atoms. The Kier molecular flexibility index (Phi) is 5.22. The van der Waals surface area contributed by atoms with Crippen LogP contribution in [0.5, 0.6) is 0 Å². The molecule has 114 valence electrons. The van der Waals surface area contributed by atoms with Crippen molar-refractivity contribution in [2.45, 2.75) is 11.2 Å². The fraction of sp³-hybridized carbons (Fsp3) is 0.600. The monoisotopic (exact) mass is 307 g/mol. The molecule has 0 amide bonds. The highest BCUT2D eigenvalue weighted by Crippen LogP contribution is 2.00. The zero-order valence-electron chi connectivity index (χ0n) is 11.6. The van der Waals surface area contributed by atoms with Gasteiger partial charge in [-0.2, -0.15) is 0 Å². The molecule has 9 nitrogen and oxygen atoms in total. The number of sulfonamides is 1. The zero-order chi connectivity index (χ0) is 15.5. The molecule has 0 aliphatic rings. The second kappa shape index (κ2) is 6.31. The van der Waals surface area contributed by atoms with Crippen LogP contribution < -0.4 is 16.0 Å². The normalized spacial score (nSPS) is 12.1. The van der Waals surface area contributed by atoms with Gasteiger partial charge in [0.25, 0.3) is 5.56 Å². The molecule has 1 aromatic heterocycles.